The van der Waals surface area contributed by atoms with Crippen molar-refractivity contribution < 1.29 is 4.74 Å². The predicted octanol–water partition coefficient (Wildman–Crippen LogP) is 5.42. The average Bonchev–Trinajstić information content (AvgIpc) is 3.71. The third-order valence-corrected chi connectivity index (χ3v) is 7.30. The van der Waals surface area contributed by atoms with Gasteiger partial charge in [0, 0.05) is 29.7 Å². The zero-order valence-electron chi connectivity index (χ0n) is 20.4. The summed E-state index contributed by atoms with van der Waals surface area (Å²) in [5.41, 5.74) is 4.25. The number of methoxy groups -OCH3 is 1. The zero-order chi connectivity index (χ0) is 23.2. The molecule has 3 aromatic rings. The molecular weight excluding hydrogens is 420 g/mol. The molecule has 1 aliphatic heterocycles. The van der Waals surface area contributed by atoms with Crippen LogP contribution in [0, 0.1) is 11.8 Å². The number of likely N-dealkylation sites (tertiary alicyclic amines) is 1. The van der Waals surface area contributed by atoms with Crippen LogP contribution in [-0.4, -0.2) is 56.3 Å². The van der Waals surface area contributed by atoms with Crippen molar-refractivity contribution in [1.29, 1.82) is 0 Å². The molecule has 2 aliphatic rings. The summed E-state index contributed by atoms with van der Waals surface area (Å²) in [6.45, 7) is 7.13. The van der Waals surface area contributed by atoms with Gasteiger partial charge in [-0.2, -0.15) is 0 Å². The molecule has 34 heavy (non-hydrogen) atoms. The molecule has 0 radical (unpaired) electrons. The topological polar surface area (TPSA) is 49.4 Å². The largest absolute Gasteiger partial charge is 0.497 e. The van der Waals surface area contributed by atoms with Gasteiger partial charge in [0.15, 0.2) is 0 Å². The minimum absolute atomic E-state index is 0.847. The van der Waals surface area contributed by atoms with Crippen LogP contribution in [0.1, 0.15) is 32.1 Å². The molecule has 2 N–H and O–H groups in total. The Morgan fingerprint density at radius 3 is 2.50 bits per heavy atom. The molecule has 2 heterocycles. The van der Waals surface area contributed by atoms with Gasteiger partial charge in [0.1, 0.15) is 5.75 Å². The number of anilines is 1. The van der Waals surface area contributed by atoms with E-state index in [0.29, 0.717) is 0 Å². The van der Waals surface area contributed by atoms with Crippen molar-refractivity contribution in [3.63, 3.8) is 0 Å². The average molecular weight is 459 g/mol. The van der Waals surface area contributed by atoms with Gasteiger partial charge in [-0.3, -0.25) is 0 Å². The van der Waals surface area contributed by atoms with Gasteiger partial charge < -0.3 is 20.3 Å². The maximum Gasteiger partial charge on any atom is 0.118 e. The maximum absolute atomic E-state index is 5.30. The first-order chi connectivity index (χ1) is 16.8. The van der Waals surface area contributed by atoms with E-state index in [1.807, 2.05) is 12.1 Å². The van der Waals surface area contributed by atoms with Crippen LogP contribution in [0.5, 0.6) is 5.75 Å². The molecule has 5 heteroatoms. The maximum atomic E-state index is 5.30. The summed E-state index contributed by atoms with van der Waals surface area (Å²) in [5.74, 6) is 2.73. The number of hydrogen-bond donors (Lipinski definition) is 2. The molecular formula is C29H38N4O. The van der Waals surface area contributed by atoms with Gasteiger partial charge in [0.25, 0.3) is 0 Å². The van der Waals surface area contributed by atoms with Crippen molar-refractivity contribution in [2.24, 2.45) is 11.8 Å². The van der Waals surface area contributed by atoms with Gasteiger partial charge in [-0.05, 0) is 107 Å². The van der Waals surface area contributed by atoms with E-state index in [-0.39, 0.29) is 0 Å². The number of pyridine rings is 1. The summed E-state index contributed by atoms with van der Waals surface area (Å²) in [6, 6.07) is 18.7. The summed E-state index contributed by atoms with van der Waals surface area (Å²) in [4.78, 5) is 7.59. The Bertz CT molecular complexity index is 1060. The Labute approximate surface area is 203 Å². The molecule has 180 valence electrons. The van der Waals surface area contributed by atoms with Crippen LogP contribution in [0.15, 0.2) is 54.6 Å². The SMILES string of the molecule is COc1ccc(-c2cc(NCCCNCC3CCN(CC4CC4)CC3)c3ccccc3n2)cc1. The number of benzene rings is 2. The van der Waals surface area contributed by atoms with E-state index in [2.05, 4.69) is 58.0 Å². The molecule has 5 rings (SSSR count). The summed E-state index contributed by atoms with van der Waals surface area (Å²) in [5, 5.41) is 8.56. The Hall–Kier alpha value is -2.63. The molecule has 0 unspecified atom stereocenters. The number of hydrogen-bond acceptors (Lipinski definition) is 5. The Kier molecular flexibility index (Phi) is 7.62. The fourth-order valence-electron chi connectivity index (χ4n) is 5.01. The van der Waals surface area contributed by atoms with E-state index < -0.39 is 0 Å². The van der Waals surface area contributed by atoms with E-state index in [1.165, 1.54) is 50.7 Å². The highest BCUT2D eigenvalue weighted by atomic mass is 16.5. The van der Waals surface area contributed by atoms with Crippen LogP contribution in [-0.2, 0) is 0 Å². The van der Waals surface area contributed by atoms with Gasteiger partial charge in [0.2, 0.25) is 0 Å². The van der Waals surface area contributed by atoms with Crippen LogP contribution in [0.25, 0.3) is 22.2 Å². The highest BCUT2D eigenvalue weighted by Crippen LogP contribution is 2.31. The second-order valence-electron chi connectivity index (χ2n) is 9.97. The molecule has 0 bridgehead atoms. The second-order valence-corrected chi connectivity index (χ2v) is 9.97. The molecule has 1 aromatic heterocycles. The lowest BCUT2D eigenvalue weighted by Gasteiger charge is -2.32. The lowest BCUT2D eigenvalue weighted by molar-refractivity contribution is 0.176. The Morgan fingerprint density at radius 2 is 1.74 bits per heavy atom. The Morgan fingerprint density at radius 1 is 0.941 bits per heavy atom. The van der Waals surface area contributed by atoms with Crippen molar-refractivity contribution in [3.05, 3.63) is 54.6 Å². The van der Waals surface area contributed by atoms with E-state index in [1.54, 1.807) is 7.11 Å². The van der Waals surface area contributed by atoms with E-state index in [9.17, 15) is 0 Å². The zero-order valence-corrected chi connectivity index (χ0v) is 20.4. The number of nitrogens with zero attached hydrogens (tertiary/aromatic N) is 2. The summed E-state index contributed by atoms with van der Waals surface area (Å²) in [6.07, 6.45) is 6.75. The van der Waals surface area contributed by atoms with Gasteiger partial charge in [-0.25, -0.2) is 4.98 Å². The third kappa shape index (κ3) is 6.08. The van der Waals surface area contributed by atoms with E-state index in [0.717, 1.165) is 66.1 Å². The Balaban J connectivity index is 1.10. The number of aromatic nitrogens is 1. The number of nitrogens with one attached hydrogen (secondary N) is 2. The minimum Gasteiger partial charge on any atom is -0.497 e. The highest BCUT2D eigenvalue weighted by molar-refractivity contribution is 5.93. The fourth-order valence-corrected chi connectivity index (χ4v) is 5.01. The van der Waals surface area contributed by atoms with E-state index >= 15 is 0 Å². The first kappa shape index (κ1) is 23.1. The summed E-state index contributed by atoms with van der Waals surface area (Å²) in [7, 11) is 1.69. The number of piperidine rings is 1. The highest BCUT2D eigenvalue weighted by Gasteiger charge is 2.26. The number of para-hydroxylation sites is 1. The van der Waals surface area contributed by atoms with Gasteiger partial charge >= 0.3 is 0 Å². The third-order valence-electron chi connectivity index (χ3n) is 7.30. The van der Waals surface area contributed by atoms with Gasteiger partial charge in [0.05, 0.1) is 18.3 Å². The van der Waals surface area contributed by atoms with E-state index in [4.69, 9.17) is 9.72 Å². The number of fused-ring (bicyclic) bond motifs is 1. The lowest BCUT2D eigenvalue weighted by atomic mass is 9.96. The number of ether oxygens (including phenoxy) is 1. The molecule has 2 fully saturated rings. The molecule has 0 spiro atoms. The number of rotatable bonds is 11. The van der Waals surface area contributed by atoms with Crippen LogP contribution in [0.3, 0.4) is 0 Å². The van der Waals surface area contributed by atoms with Crippen molar-refractivity contribution in [3.8, 4) is 17.0 Å². The monoisotopic (exact) mass is 458 g/mol. The summed E-state index contributed by atoms with van der Waals surface area (Å²) >= 11 is 0. The lowest BCUT2D eigenvalue weighted by Crippen LogP contribution is -2.38. The van der Waals surface area contributed by atoms with Crippen LogP contribution >= 0.6 is 0 Å². The normalized spacial score (nSPS) is 17.2. The molecule has 1 saturated heterocycles. The molecule has 1 saturated carbocycles. The molecule has 5 nitrogen and oxygen atoms in total. The van der Waals surface area contributed by atoms with Crippen molar-refractivity contribution >= 4 is 16.6 Å². The van der Waals surface area contributed by atoms with Crippen LogP contribution < -0.4 is 15.4 Å². The molecule has 0 amide bonds. The van der Waals surface area contributed by atoms with Crippen LogP contribution in [0.4, 0.5) is 5.69 Å². The fraction of sp³-hybridized carbons (Fsp3) is 0.483. The first-order valence-electron chi connectivity index (χ1n) is 13.0. The van der Waals surface area contributed by atoms with Gasteiger partial charge in [-0.1, -0.05) is 18.2 Å². The minimum atomic E-state index is 0.847. The van der Waals surface area contributed by atoms with Crippen molar-refractivity contribution in [2.75, 3.05) is 51.7 Å². The predicted molar refractivity (Wildman–Crippen MR) is 142 cm³/mol. The smallest absolute Gasteiger partial charge is 0.118 e. The quantitative estimate of drug-likeness (QED) is 0.376. The molecule has 1 aliphatic carbocycles. The van der Waals surface area contributed by atoms with Crippen molar-refractivity contribution in [1.82, 2.24) is 15.2 Å². The van der Waals surface area contributed by atoms with Gasteiger partial charge in [-0.15, -0.1) is 0 Å². The first-order valence-corrected chi connectivity index (χ1v) is 13.0. The standard InChI is InChI=1S/C29H38N4O/c1-34-25-11-9-24(10-12-25)28-19-29(26-5-2-3-6-27(26)32-28)31-16-4-15-30-20-22-13-17-33(18-14-22)21-23-7-8-23/h2-3,5-6,9-12,19,22-23,30H,4,7-8,13-18,20-21H2,1H3,(H,31,32). The van der Waals surface area contributed by atoms with Crippen molar-refractivity contribution in [2.45, 2.75) is 32.1 Å². The second kappa shape index (κ2) is 11.2. The molecule has 0 atom stereocenters. The van der Waals surface area contributed by atoms with Crippen LogP contribution in [0.2, 0.25) is 0 Å². The molecule has 2 aromatic carbocycles. The summed E-state index contributed by atoms with van der Waals surface area (Å²) < 4.78 is 5.30.